The van der Waals surface area contributed by atoms with Crippen molar-refractivity contribution in [1.29, 1.82) is 0 Å². The zero-order valence-electron chi connectivity index (χ0n) is 16.2. The van der Waals surface area contributed by atoms with E-state index in [9.17, 15) is 9.59 Å². The molecule has 0 radical (unpaired) electrons. The van der Waals surface area contributed by atoms with Gasteiger partial charge in [0.1, 0.15) is 0 Å². The number of rotatable bonds is 8. The van der Waals surface area contributed by atoms with Crippen LogP contribution in [-0.4, -0.2) is 68.1 Å². The SMILES string of the molecule is COCCCCC(=O)N1CCN(CC(=O)Nc2c(C)cccc2C)CC1. The number of carbonyl (C=O) groups excluding carboxylic acids is 2. The first kappa shape index (κ1) is 20.4. The first-order chi connectivity index (χ1) is 12.5. The second kappa shape index (κ2) is 10.3. The molecule has 0 aromatic heterocycles. The Labute approximate surface area is 156 Å². The Morgan fingerprint density at radius 3 is 2.35 bits per heavy atom. The van der Waals surface area contributed by atoms with Crippen LogP contribution < -0.4 is 5.32 Å². The van der Waals surface area contributed by atoms with Gasteiger partial charge in [-0.15, -0.1) is 0 Å². The van der Waals surface area contributed by atoms with Gasteiger partial charge in [-0.3, -0.25) is 14.5 Å². The fourth-order valence-corrected chi connectivity index (χ4v) is 3.23. The molecule has 144 valence electrons. The van der Waals surface area contributed by atoms with E-state index in [2.05, 4.69) is 10.2 Å². The lowest BCUT2D eigenvalue weighted by atomic mass is 10.1. The normalized spacial score (nSPS) is 15.1. The number of benzene rings is 1. The van der Waals surface area contributed by atoms with Crippen LogP contribution in [0.3, 0.4) is 0 Å². The minimum atomic E-state index is 0.00161. The number of anilines is 1. The third kappa shape index (κ3) is 6.11. The monoisotopic (exact) mass is 361 g/mol. The van der Waals surface area contributed by atoms with E-state index in [0.29, 0.717) is 32.7 Å². The van der Waals surface area contributed by atoms with E-state index in [1.54, 1.807) is 7.11 Å². The van der Waals surface area contributed by atoms with Gasteiger partial charge in [-0.05, 0) is 37.8 Å². The van der Waals surface area contributed by atoms with Crippen LogP contribution in [0.1, 0.15) is 30.4 Å². The molecule has 1 heterocycles. The number of carbonyl (C=O) groups is 2. The number of hydrogen-bond donors (Lipinski definition) is 1. The summed E-state index contributed by atoms with van der Waals surface area (Å²) in [5, 5.41) is 3.03. The van der Waals surface area contributed by atoms with Gasteiger partial charge in [-0.1, -0.05) is 18.2 Å². The first-order valence-corrected chi connectivity index (χ1v) is 9.36. The molecule has 6 nitrogen and oxygen atoms in total. The molecular weight excluding hydrogens is 330 g/mol. The molecule has 0 unspecified atom stereocenters. The maximum atomic E-state index is 12.4. The zero-order chi connectivity index (χ0) is 18.9. The highest BCUT2D eigenvalue weighted by molar-refractivity contribution is 5.93. The van der Waals surface area contributed by atoms with E-state index < -0.39 is 0 Å². The zero-order valence-corrected chi connectivity index (χ0v) is 16.2. The highest BCUT2D eigenvalue weighted by atomic mass is 16.5. The van der Waals surface area contributed by atoms with Crippen LogP contribution in [0.15, 0.2) is 18.2 Å². The Bertz CT molecular complexity index is 590. The molecule has 1 N–H and O–H groups in total. The molecule has 0 spiro atoms. The van der Waals surface area contributed by atoms with Gasteiger partial charge < -0.3 is 15.0 Å². The van der Waals surface area contributed by atoms with Crippen LogP contribution >= 0.6 is 0 Å². The number of hydrogen-bond acceptors (Lipinski definition) is 4. The van der Waals surface area contributed by atoms with Crippen LogP contribution in [0, 0.1) is 13.8 Å². The molecule has 0 atom stereocenters. The van der Waals surface area contributed by atoms with Crippen molar-refractivity contribution in [3.63, 3.8) is 0 Å². The number of unbranched alkanes of at least 4 members (excludes halogenated alkanes) is 1. The summed E-state index contributed by atoms with van der Waals surface area (Å²) in [6.45, 7) is 7.94. The lowest BCUT2D eigenvalue weighted by Crippen LogP contribution is -2.50. The second-order valence-corrected chi connectivity index (χ2v) is 6.92. The van der Waals surface area contributed by atoms with Crippen molar-refractivity contribution < 1.29 is 14.3 Å². The number of piperazine rings is 1. The predicted molar refractivity (Wildman–Crippen MR) is 103 cm³/mol. The van der Waals surface area contributed by atoms with Crippen molar-refractivity contribution in [3.05, 3.63) is 29.3 Å². The van der Waals surface area contributed by atoms with Gasteiger partial charge in [0, 0.05) is 52.0 Å². The molecule has 0 aliphatic carbocycles. The third-order valence-electron chi connectivity index (χ3n) is 4.83. The van der Waals surface area contributed by atoms with Gasteiger partial charge in [-0.25, -0.2) is 0 Å². The fraction of sp³-hybridized carbons (Fsp3) is 0.600. The Balaban J connectivity index is 1.73. The number of aryl methyl sites for hydroxylation is 2. The highest BCUT2D eigenvalue weighted by Crippen LogP contribution is 2.19. The summed E-state index contributed by atoms with van der Waals surface area (Å²) >= 11 is 0. The van der Waals surface area contributed by atoms with E-state index in [-0.39, 0.29) is 11.8 Å². The maximum absolute atomic E-state index is 12.4. The maximum Gasteiger partial charge on any atom is 0.238 e. The quantitative estimate of drug-likeness (QED) is 0.721. The lowest BCUT2D eigenvalue weighted by Gasteiger charge is -2.34. The van der Waals surface area contributed by atoms with Gasteiger partial charge in [0.2, 0.25) is 11.8 Å². The van der Waals surface area contributed by atoms with Crippen LogP contribution in [0.25, 0.3) is 0 Å². The molecule has 0 saturated carbocycles. The molecular formula is C20H31N3O3. The van der Waals surface area contributed by atoms with Crippen LogP contribution in [0.2, 0.25) is 0 Å². The number of amides is 2. The smallest absolute Gasteiger partial charge is 0.238 e. The second-order valence-electron chi connectivity index (χ2n) is 6.92. The largest absolute Gasteiger partial charge is 0.385 e. The molecule has 0 bridgehead atoms. The number of nitrogens with one attached hydrogen (secondary N) is 1. The fourth-order valence-electron chi connectivity index (χ4n) is 3.23. The topological polar surface area (TPSA) is 61.9 Å². The molecule has 1 aliphatic rings. The predicted octanol–water partition coefficient (Wildman–Crippen LogP) is 2.20. The van der Waals surface area contributed by atoms with Crippen molar-refractivity contribution in [3.8, 4) is 0 Å². The van der Waals surface area contributed by atoms with E-state index in [4.69, 9.17) is 4.74 Å². The average molecular weight is 361 g/mol. The summed E-state index contributed by atoms with van der Waals surface area (Å²) in [6.07, 6.45) is 2.36. The van der Waals surface area contributed by atoms with Crippen molar-refractivity contribution in [1.82, 2.24) is 9.80 Å². The Morgan fingerprint density at radius 1 is 1.08 bits per heavy atom. The van der Waals surface area contributed by atoms with E-state index >= 15 is 0 Å². The number of para-hydroxylation sites is 1. The number of nitrogens with zero attached hydrogens (tertiary/aromatic N) is 2. The standard InChI is InChI=1S/C20H31N3O3/c1-16-7-6-8-17(2)20(16)21-18(24)15-22-10-12-23(13-11-22)19(25)9-4-5-14-26-3/h6-8H,4-5,9-15H2,1-3H3,(H,21,24). The van der Waals surface area contributed by atoms with Crippen LogP contribution in [-0.2, 0) is 14.3 Å². The van der Waals surface area contributed by atoms with Crippen LogP contribution in [0.5, 0.6) is 0 Å². The summed E-state index contributed by atoms with van der Waals surface area (Å²) in [5.74, 6) is 0.211. The molecule has 1 aliphatic heterocycles. The van der Waals surface area contributed by atoms with E-state index in [0.717, 1.165) is 42.7 Å². The van der Waals surface area contributed by atoms with E-state index in [1.165, 1.54) is 0 Å². The van der Waals surface area contributed by atoms with Gasteiger partial charge >= 0.3 is 0 Å². The Kier molecular flexibility index (Phi) is 8.06. The highest BCUT2D eigenvalue weighted by Gasteiger charge is 2.22. The van der Waals surface area contributed by atoms with Crippen molar-refractivity contribution in [2.24, 2.45) is 0 Å². The molecule has 1 fully saturated rings. The molecule has 1 aromatic carbocycles. The average Bonchev–Trinajstić information content (AvgIpc) is 2.62. The number of ether oxygens (including phenoxy) is 1. The molecule has 2 rings (SSSR count). The summed E-state index contributed by atoms with van der Waals surface area (Å²) in [4.78, 5) is 28.6. The van der Waals surface area contributed by atoms with Crippen molar-refractivity contribution in [2.45, 2.75) is 33.1 Å². The third-order valence-corrected chi connectivity index (χ3v) is 4.83. The Hall–Kier alpha value is -1.92. The van der Waals surface area contributed by atoms with Gasteiger partial charge in [0.15, 0.2) is 0 Å². The van der Waals surface area contributed by atoms with Gasteiger partial charge in [0.25, 0.3) is 0 Å². The number of methoxy groups -OCH3 is 1. The minimum absolute atomic E-state index is 0.00161. The molecule has 2 amide bonds. The Morgan fingerprint density at radius 2 is 1.73 bits per heavy atom. The van der Waals surface area contributed by atoms with Gasteiger partial charge in [0.05, 0.1) is 6.54 Å². The van der Waals surface area contributed by atoms with Crippen molar-refractivity contribution in [2.75, 3.05) is 51.8 Å². The molecule has 6 heteroatoms. The minimum Gasteiger partial charge on any atom is -0.385 e. The molecule has 1 aromatic rings. The molecule has 26 heavy (non-hydrogen) atoms. The van der Waals surface area contributed by atoms with Crippen molar-refractivity contribution >= 4 is 17.5 Å². The van der Waals surface area contributed by atoms with Crippen LogP contribution in [0.4, 0.5) is 5.69 Å². The summed E-state index contributed by atoms with van der Waals surface area (Å²) < 4.78 is 5.01. The molecule has 1 saturated heterocycles. The summed E-state index contributed by atoms with van der Waals surface area (Å²) in [6, 6.07) is 5.99. The van der Waals surface area contributed by atoms with Gasteiger partial charge in [-0.2, -0.15) is 0 Å². The summed E-state index contributed by atoms with van der Waals surface area (Å²) in [7, 11) is 1.68. The lowest BCUT2D eigenvalue weighted by molar-refractivity contribution is -0.133. The summed E-state index contributed by atoms with van der Waals surface area (Å²) in [5.41, 5.74) is 3.05. The van der Waals surface area contributed by atoms with E-state index in [1.807, 2.05) is 36.9 Å². The first-order valence-electron chi connectivity index (χ1n) is 9.36.